The number of carboxylic acid groups (broad SMARTS) is 1. The first kappa shape index (κ1) is 22.7. The van der Waals surface area contributed by atoms with E-state index in [2.05, 4.69) is 5.32 Å². The standard InChI is InChI=1S/C23H16F4N2O3/c1-12-10-14(7-8-15(12)16-4-2-3-5-18(16)23(25,26)27)21(30)29-20(28)13-6-9-17(22(31)32)19(24)11-13/h2-11H,1H3,(H,31,32)(H2,28,29,30). The molecule has 0 spiro atoms. The van der Waals surface area contributed by atoms with Crippen molar-refractivity contribution in [2.75, 3.05) is 0 Å². The van der Waals surface area contributed by atoms with Gasteiger partial charge in [-0.15, -0.1) is 0 Å². The van der Waals surface area contributed by atoms with E-state index in [1.165, 1.54) is 42.5 Å². The number of nitrogens with one attached hydrogen (secondary N) is 2. The lowest BCUT2D eigenvalue weighted by Gasteiger charge is -2.15. The van der Waals surface area contributed by atoms with Gasteiger partial charge >= 0.3 is 12.1 Å². The van der Waals surface area contributed by atoms with Crippen molar-refractivity contribution in [1.29, 1.82) is 5.41 Å². The largest absolute Gasteiger partial charge is 0.478 e. The average molecular weight is 444 g/mol. The highest BCUT2D eigenvalue weighted by atomic mass is 19.4. The molecule has 1 amide bonds. The highest BCUT2D eigenvalue weighted by Gasteiger charge is 2.33. The van der Waals surface area contributed by atoms with Crippen molar-refractivity contribution >= 4 is 17.7 Å². The molecule has 164 valence electrons. The van der Waals surface area contributed by atoms with Gasteiger partial charge in [-0.05, 0) is 53.9 Å². The maximum absolute atomic E-state index is 13.8. The number of carbonyl (C=O) groups excluding carboxylic acids is 1. The first-order valence-corrected chi connectivity index (χ1v) is 9.19. The number of rotatable bonds is 4. The number of hydrogen-bond donors (Lipinski definition) is 3. The predicted octanol–water partition coefficient (Wildman–Crippen LogP) is 5.27. The van der Waals surface area contributed by atoms with Crippen molar-refractivity contribution in [3.63, 3.8) is 0 Å². The molecule has 0 saturated carbocycles. The quantitative estimate of drug-likeness (QED) is 0.291. The molecule has 0 unspecified atom stereocenters. The maximum Gasteiger partial charge on any atom is 0.417 e. The molecular weight excluding hydrogens is 428 g/mol. The van der Waals surface area contributed by atoms with Crippen LogP contribution in [-0.4, -0.2) is 22.8 Å². The van der Waals surface area contributed by atoms with Gasteiger partial charge < -0.3 is 10.4 Å². The van der Waals surface area contributed by atoms with Crippen LogP contribution in [0.1, 0.15) is 37.4 Å². The van der Waals surface area contributed by atoms with Crippen LogP contribution in [0, 0.1) is 18.2 Å². The second kappa shape index (κ2) is 8.62. The third kappa shape index (κ3) is 4.66. The predicted molar refractivity (Wildman–Crippen MR) is 109 cm³/mol. The Labute approximate surface area is 179 Å². The van der Waals surface area contributed by atoms with Crippen molar-refractivity contribution in [1.82, 2.24) is 5.32 Å². The van der Waals surface area contributed by atoms with Crippen LogP contribution in [0.2, 0.25) is 0 Å². The normalized spacial score (nSPS) is 11.2. The van der Waals surface area contributed by atoms with Gasteiger partial charge in [-0.1, -0.05) is 30.3 Å². The molecule has 3 N–H and O–H groups in total. The molecule has 0 atom stereocenters. The maximum atomic E-state index is 13.8. The molecule has 0 heterocycles. The van der Waals surface area contributed by atoms with Gasteiger partial charge in [0.2, 0.25) is 0 Å². The highest BCUT2D eigenvalue weighted by Crippen LogP contribution is 2.38. The van der Waals surface area contributed by atoms with Gasteiger partial charge in [0.25, 0.3) is 5.91 Å². The molecule has 0 saturated heterocycles. The minimum atomic E-state index is -4.54. The third-order valence-electron chi connectivity index (χ3n) is 4.74. The van der Waals surface area contributed by atoms with Crippen LogP contribution < -0.4 is 5.32 Å². The van der Waals surface area contributed by atoms with Gasteiger partial charge in [0.1, 0.15) is 11.7 Å². The smallest absolute Gasteiger partial charge is 0.417 e. The van der Waals surface area contributed by atoms with E-state index in [0.717, 1.165) is 18.2 Å². The molecular formula is C23H16F4N2O3. The third-order valence-corrected chi connectivity index (χ3v) is 4.74. The van der Waals surface area contributed by atoms with E-state index in [1.807, 2.05) is 0 Å². The Morgan fingerprint density at radius 1 is 0.938 bits per heavy atom. The van der Waals surface area contributed by atoms with Crippen molar-refractivity contribution in [3.8, 4) is 11.1 Å². The number of hydrogen-bond acceptors (Lipinski definition) is 3. The summed E-state index contributed by atoms with van der Waals surface area (Å²) in [6.07, 6.45) is -4.54. The Bertz CT molecular complexity index is 1240. The van der Waals surface area contributed by atoms with Gasteiger partial charge in [-0.2, -0.15) is 13.2 Å². The number of amidine groups is 1. The molecule has 0 aromatic heterocycles. The molecule has 0 aliphatic carbocycles. The molecule has 0 aliphatic heterocycles. The van der Waals surface area contributed by atoms with E-state index in [-0.39, 0.29) is 16.7 Å². The van der Waals surface area contributed by atoms with E-state index < -0.39 is 40.8 Å². The number of carboxylic acids is 1. The van der Waals surface area contributed by atoms with Gasteiger partial charge in [0, 0.05) is 11.1 Å². The molecule has 0 bridgehead atoms. The topological polar surface area (TPSA) is 90.3 Å². The van der Waals surface area contributed by atoms with E-state index in [4.69, 9.17) is 10.5 Å². The molecule has 32 heavy (non-hydrogen) atoms. The Kier molecular flexibility index (Phi) is 6.11. The lowest BCUT2D eigenvalue weighted by molar-refractivity contribution is -0.137. The summed E-state index contributed by atoms with van der Waals surface area (Å²) in [7, 11) is 0. The summed E-state index contributed by atoms with van der Waals surface area (Å²) in [5.41, 5.74) is -0.636. The summed E-state index contributed by atoms with van der Waals surface area (Å²) >= 11 is 0. The molecule has 0 aliphatic rings. The number of amides is 1. The fourth-order valence-corrected chi connectivity index (χ4v) is 3.17. The van der Waals surface area contributed by atoms with Crippen molar-refractivity contribution < 1.29 is 32.3 Å². The first-order chi connectivity index (χ1) is 15.0. The van der Waals surface area contributed by atoms with Crippen molar-refractivity contribution in [2.45, 2.75) is 13.1 Å². The van der Waals surface area contributed by atoms with E-state index in [1.54, 1.807) is 6.92 Å². The van der Waals surface area contributed by atoms with Crippen LogP contribution in [0.4, 0.5) is 17.6 Å². The molecule has 9 heteroatoms. The summed E-state index contributed by atoms with van der Waals surface area (Å²) in [6, 6.07) is 12.2. The molecule has 0 radical (unpaired) electrons. The van der Waals surface area contributed by atoms with Crippen molar-refractivity contribution in [3.05, 3.63) is 94.3 Å². The lowest BCUT2D eigenvalue weighted by Crippen LogP contribution is -2.30. The zero-order chi connectivity index (χ0) is 23.6. The SMILES string of the molecule is Cc1cc(C(=O)NC(=N)c2ccc(C(=O)O)c(F)c2)ccc1-c1ccccc1C(F)(F)F. The Balaban J connectivity index is 1.84. The number of aromatic carboxylic acids is 1. The van der Waals surface area contributed by atoms with Crippen LogP contribution in [0.25, 0.3) is 11.1 Å². The Hall–Kier alpha value is -4.01. The fraction of sp³-hybridized carbons (Fsp3) is 0.0870. The lowest BCUT2D eigenvalue weighted by atomic mass is 9.94. The Morgan fingerprint density at radius 3 is 2.19 bits per heavy atom. The minimum Gasteiger partial charge on any atom is -0.478 e. The van der Waals surface area contributed by atoms with Crippen LogP contribution >= 0.6 is 0 Å². The van der Waals surface area contributed by atoms with Gasteiger partial charge in [0.15, 0.2) is 0 Å². The van der Waals surface area contributed by atoms with E-state index in [0.29, 0.717) is 11.1 Å². The summed E-state index contributed by atoms with van der Waals surface area (Å²) in [4.78, 5) is 23.4. The highest BCUT2D eigenvalue weighted by molar-refractivity contribution is 6.11. The zero-order valence-electron chi connectivity index (χ0n) is 16.5. The van der Waals surface area contributed by atoms with Gasteiger partial charge in [-0.3, -0.25) is 10.2 Å². The zero-order valence-corrected chi connectivity index (χ0v) is 16.5. The van der Waals surface area contributed by atoms with E-state index >= 15 is 0 Å². The second-order valence-corrected chi connectivity index (χ2v) is 6.90. The van der Waals surface area contributed by atoms with Crippen LogP contribution in [0.3, 0.4) is 0 Å². The number of benzene rings is 3. The summed E-state index contributed by atoms with van der Waals surface area (Å²) < 4.78 is 53.8. The van der Waals surface area contributed by atoms with Crippen LogP contribution in [0.5, 0.6) is 0 Å². The Morgan fingerprint density at radius 2 is 1.59 bits per heavy atom. The average Bonchev–Trinajstić information content (AvgIpc) is 2.72. The summed E-state index contributed by atoms with van der Waals surface area (Å²) in [5.74, 6) is -3.71. The van der Waals surface area contributed by atoms with E-state index in [9.17, 15) is 27.2 Å². The van der Waals surface area contributed by atoms with Crippen LogP contribution in [-0.2, 0) is 6.18 Å². The number of halogens is 4. The molecule has 3 aromatic carbocycles. The van der Waals surface area contributed by atoms with Crippen molar-refractivity contribution in [2.24, 2.45) is 0 Å². The molecule has 3 aromatic rings. The first-order valence-electron chi connectivity index (χ1n) is 9.19. The molecule has 3 rings (SSSR count). The summed E-state index contributed by atoms with van der Waals surface area (Å²) in [6.45, 7) is 1.56. The second-order valence-electron chi connectivity index (χ2n) is 6.90. The van der Waals surface area contributed by atoms with Crippen LogP contribution in [0.15, 0.2) is 60.7 Å². The fourth-order valence-electron chi connectivity index (χ4n) is 3.17. The number of alkyl halides is 3. The monoisotopic (exact) mass is 444 g/mol. The minimum absolute atomic E-state index is 0.0220. The number of aryl methyl sites for hydroxylation is 1. The molecule has 5 nitrogen and oxygen atoms in total. The van der Waals surface area contributed by atoms with Gasteiger partial charge in [-0.25, -0.2) is 9.18 Å². The molecule has 0 fully saturated rings. The number of carbonyl (C=O) groups is 2. The van der Waals surface area contributed by atoms with Gasteiger partial charge in [0.05, 0.1) is 11.1 Å². The summed E-state index contributed by atoms with van der Waals surface area (Å²) in [5, 5.41) is 19.1.